The van der Waals surface area contributed by atoms with E-state index < -0.39 is 0 Å². The molecule has 1 aliphatic carbocycles. The van der Waals surface area contributed by atoms with Crippen LogP contribution in [0.5, 0.6) is 0 Å². The van der Waals surface area contributed by atoms with E-state index >= 15 is 0 Å². The molecule has 3 N–H and O–H groups in total. The van der Waals surface area contributed by atoms with Crippen LogP contribution in [0.2, 0.25) is 0 Å². The zero-order valence-corrected chi connectivity index (χ0v) is 14.2. The summed E-state index contributed by atoms with van der Waals surface area (Å²) in [5.74, 6) is 0. The SMILES string of the molecule is CC1(C)CCCC(N2CCNCCNCCNCC2)CC1. The fraction of sp³-hybridized carbons (Fsp3) is 1.00. The van der Waals surface area contributed by atoms with Crippen LogP contribution in [0.4, 0.5) is 0 Å². The van der Waals surface area contributed by atoms with Crippen LogP contribution >= 0.6 is 0 Å². The monoisotopic (exact) mass is 296 g/mol. The minimum absolute atomic E-state index is 0.559. The van der Waals surface area contributed by atoms with Gasteiger partial charge in [-0.3, -0.25) is 4.90 Å². The van der Waals surface area contributed by atoms with Crippen molar-refractivity contribution in [1.29, 1.82) is 0 Å². The molecule has 0 aromatic heterocycles. The maximum atomic E-state index is 3.58. The summed E-state index contributed by atoms with van der Waals surface area (Å²) in [6, 6.07) is 0.802. The second-order valence-electron chi connectivity index (χ2n) is 7.53. The number of nitrogens with zero attached hydrogens (tertiary/aromatic N) is 1. The lowest BCUT2D eigenvalue weighted by molar-refractivity contribution is 0.175. The van der Waals surface area contributed by atoms with Gasteiger partial charge in [-0.1, -0.05) is 20.3 Å². The summed E-state index contributed by atoms with van der Waals surface area (Å²) >= 11 is 0. The Balaban J connectivity index is 1.84. The highest BCUT2D eigenvalue weighted by molar-refractivity contribution is 4.82. The summed E-state index contributed by atoms with van der Waals surface area (Å²) in [6.45, 7) is 13.9. The van der Waals surface area contributed by atoms with Gasteiger partial charge in [0, 0.05) is 58.4 Å². The number of hydrogen-bond donors (Lipinski definition) is 3. The van der Waals surface area contributed by atoms with Crippen molar-refractivity contribution in [2.24, 2.45) is 5.41 Å². The highest BCUT2D eigenvalue weighted by Gasteiger charge is 2.27. The lowest BCUT2D eigenvalue weighted by Crippen LogP contribution is -2.45. The minimum Gasteiger partial charge on any atom is -0.314 e. The topological polar surface area (TPSA) is 39.3 Å². The summed E-state index contributed by atoms with van der Waals surface area (Å²) in [6.07, 6.45) is 6.97. The Morgan fingerprint density at radius 3 is 1.95 bits per heavy atom. The van der Waals surface area contributed by atoms with Gasteiger partial charge in [0.2, 0.25) is 0 Å². The molecule has 1 aliphatic heterocycles. The van der Waals surface area contributed by atoms with Crippen molar-refractivity contribution in [3.05, 3.63) is 0 Å². The fourth-order valence-corrected chi connectivity index (χ4v) is 3.66. The van der Waals surface area contributed by atoms with Crippen LogP contribution in [-0.4, -0.2) is 63.3 Å². The third-order valence-corrected chi connectivity index (χ3v) is 5.17. The van der Waals surface area contributed by atoms with Crippen LogP contribution in [0.15, 0.2) is 0 Å². The molecule has 21 heavy (non-hydrogen) atoms. The molecule has 4 nitrogen and oxygen atoms in total. The highest BCUT2D eigenvalue weighted by atomic mass is 15.2. The third kappa shape index (κ3) is 6.64. The normalized spacial score (nSPS) is 30.9. The van der Waals surface area contributed by atoms with Crippen LogP contribution in [0, 0.1) is 5.41 Å². The quantitative estimate of drug-likeness (QED) is 0.640. The van der Waals surface area contributed by atoms with E-state index in [2.05, 4.69) is 34.7 Å². The van der Waals surface area contributed by atoms with Gasteiger partial charge < -0.3 is 16.0 Å². The summed E-state index contributed by atoms with van der Waals surface area (Å²) in [5.41, 5.74) is 0.559. The van der Waals surface area contributed by atoms with Crippen molar-refractivity contribution >= 4 is 0 Å². The minimum atomic E-state index is 0.559. The first-order valence-electron chi connectivity index (χ1n) is 9.04. The van der Waals surface area contributed by atoms with Gasteiger partial charge in [0.05, 0.1) is 0 Å². The van der Waals surface area contributed by atoms with Gasteiger partial charge in [-0.05, 0) is 31.1 Å². The first-order chi connectivity index (χ1) is 10.2. The largest absolute Gasteiger partial charge is 0.314 e. The van der Waals surface area contributed by atoms with Gasteiger partial charge in [0.15, 0.2) is 0 Å². The molecule has 1 atom stereocenters. The molecule has 2 aliphatic rings. The number of hydrogen-bond acceptors (Lipinski definition) is 4. The van der Waals surface area contributed by atoms with Crippen LogP contribution in [0.1, 0.15) is 46.0 Å². The van der Waals surface area contributed by atoms with Crippen molar-refractivity contribution < 1.29 is 0 Å². The molecular formula is C17H36N4. The van der Waals surface area contributed by atoms with Gasteiger partial charge in [0.25, 0.3) is 0 Å². The molecule has 0 amide bonds. The predicted octanol–water partition coefficient (Wildman–Crippen LogP) is 1.43. The molecule has 2 rings (SSSR count). The molecule has 4 heteroatoms. The van der Waals surface area contributed by atoms with E-state index in [-0.39, 0.29) is 0 Å². The van der Waals surface area contributed by atoms with E-state index in [1.54, 1.807) is 0 Å². The van der Waals surface area contributed by atoms with Crippen molar-refractivity contribution in [3.8, 4) is 0 Å². The molecular weight excluding hydrogens is 260 g/mol. The molecule has 0 spiro atoms. The van der Waals surface area contributed by atoms with E-state index in [0.29, 0.717) is 5.41 Å². The molecule has 1 saturated carbocycles. The van der Waals surface area contributed by atoms with Gasteiger partial charge in [-0.25, -0.2) is 0 Å². The van der Waals surface area contributed by atoms with Crippen molar-refractivity contribution in [3.63, 3.8) is 0 Å². The van der Waals surface area contributed by atoms with Gasteiger partial charge in [-0.15, -0.1) is 0 Å². The maximum absolute atomic E-state index is 3.58. The Bertz CT molecular complexity index is 268. The Morgan fingerprint density at radius 1 is 0.762 bits per heavy atom. The summed E-state index contributed by atoms with van der Waals surface area (Å²) in [5, 5.41) is 10.6. The molecule has 1 unspecified atom stereocenters. The lowest BCUT2D eigenvalue weighted by Gasteiger charge is -2.32. The van der Waals surface area contributed by atoms with Crippen LogP contribution in [-0.2, 0) is 0 Å². The Labute approximate surface area is 131 Å². The van der Waals surface area contributed by atoms with Gasteiger partial charge in [0.1, 0.15) is 0 Å². The highest BCUT2D eigenvalue weighted by Crippen LogP contribution is 2.35. The number of rotatable bonds is 1. The first kappa shape index (κ1) is 17.2. The standard InChI is InChI=1S/C17H36N4/c1-17(2)6-3-4-16(5-7-17)21-14-12-19-10-8-18-9-11-20-13-15-21/h16,18-20H,3-15H2,1-2H3. The second kappa shape index (κ2) is 9.09. The Hall–Kier alpha value is -0.160. The molecule has 1 heterocycles. The zero-order chi connectivity index (χ0) is 15.0. The molecule has 0 aromatic rings. The molecule has 1 saturated heterocycles. The Morgan fingerprint density at radius 2 is 1.33 bits per heavy atom. The van der Waals surface area contributed by atoms with Crippen molar-refractivity contribution in [1.82, 2.24) is 20.9 Å². The van der Waals surface area contributed by atoms with Crippen LogP contribution < -0.4 is 16.0 Å². The van der Waals surface area contributed by atoms with E-state index in [1.165, 1.54) is 45.2 Å². The smallest absolute Gasteiger partial charge is 0.0110 e. The van der Waals surface area contributed by atoms with Crippen molar-refractivity contribution in [2.75, 3.05) is 52.4 Å². The predicted molar refractivity (Wildman–Crippen MR) is 90.8 cm³/mol. The lowest BCUT2D eigenvalue weighted by atomic mass is 9.85. The maximum Gasteiger partial charge on any atom is 0.0110 e. The van der Waals surface area contributed by atoms with Gasteiger partial charge >= 0.3 is 0 Å². The van der Waals surface area contributed by atoms with E-state index in [9.17, 15) is 0 Å². The average Bonchev–Trinajstić information content (AvgIpc) is 2.61. The third-order valence-electron chi connectivity index (χ3n) is 5.17. The second-order valence-corrected chi connectivity index (χ2v) is 7.53. The van der Waals surface area contributed by atoms with E-state index in [0.717, 1.165) is 45.3 Å². The molecule has 2 fully saturated rings. The van der Waals surface area contributed by atoms with E-state index in [1.807, 2.05) is 0 Å². The molecule has 0 radical (unpaired) electrons. The van der Waals surface area contributed by atoms with Gasteiger partial charge in [-0.2, -0.15) is 0 Å². The first-order valence-corrected chi connectivity index (χ1v) is 9.04. The fourth-order valence-electron chi connectivity index (χ4n) is 3.66. The molecule has 124 valence electrons. The van der Waals surface area contributed by atoms with Crippen molar-refractivity contribution in [2.45, 2.75) is 52.0 Å². The summed E-state index contributed by atoms with van der Waals surface area (Å²) in [7, 11) is 0. The van der Waals surface area contributed by atoms with Crippen LogP contribution in [0.25, 0.3) is 0 Å². The number of nitrogens with one attached hydrogen (secondary N) is 3. The summed E-state index contributed by atoms with van der Waals surface area (Å²) < 4.78 is 0. The van der Waals surface area contributed by atoms with E-state index in [4.69, 9.17) is 0 Å². The summed E-state index contributed by atoms with van der Waals surface area (Å²) in [4.78, 5) is 2.75. The zero-order valence-electron chi connectivity index (χ0n) is 14.2. The van der Waals surface area contributed by atoms with Crippen LogP contribution in [0.3, 0.4) is 0 Å². The Kier molecular flexibility index (Phi) is 7.44. The molecule has 0 bridgehead atoms. The molecule has 0 aromatic carbocycles. The average molecular weight is 297 g/mol.